The topological polar surface area (TPSA) is 42.0 Å². The maximum Gasteiger partial charge on any atom is 0.248 e. The second-order valence-corrected chi connectivity index (χ2v) is 6.91. The maximum atomic E-state index is 11.7. The van der Waals surface area contributed by atoms with Crippen molar-refractivity contribution in [2.45, 2.75) is 50.4 Å². The van der Waals surface area contributed by atoms with Crippen LogP contribution in [0.15, 0.2) is 0 Å². The number of hydrogen-bond donors (Lipinski definition) is 0. The Labute approximate surface area is 127 Å². The fourth-order valence-electron chi connectivity index (χ4n) is 3.71. The number of likely N-dealkylation sites (N-methyl/N-ethyl adjacent to an activating group) is 1. The van der Waals surface area contributed by atoms with Gasteiger partial charge in [0.15, 0.2) is 0 Å². The molecule has 1 heterocycles. The standard InChI is InChI=1S/C16H28N2O3/c1-17(2)15(19)11-21-14-7-6-13-16(14)20-9-8-18(13)10-12-4-3-5-12/h12-14,16H,3-11H2,1-2H3/t13-,14+,16+/m0/s1. The Morgan fingerprint density at radius 3 is 2.76 bits per heavy atom. The van der Waals surface area contributed by atoms with Crippen LogP contribution in [0.25, 0.3) is 0 Å². The number of rotatable bonds is 5. The summed E-state index contributed by atoms with van der Waals surface area (Å²) in [5.74, 6) is 0.930. The van der Waals surface area contributed by atoms with Crippen LogP contribution in [0.4, 0.5) is 0 Å². The third-order valence-corrected chi connectivity index (χ3v) is 5.29. The summed E-state index contributed by atoms with van der Waals surface area (Å²) in [6, 6.07) is 0.499. The second kappa shape index (κ2) is 6.63. The minimum atomic E-state index is 0.0283. The number of carbonyl (C=O) groups excluding carboxylic acids is 1. The number of fused-ring (bicyclic) bond motifs is 1. The van der Waals surface area contributed by atoms with E-state index in [9.17, 15) is 4.79 Å². The number of amides is 1. The lowest BCUT2D eigenvalue weighted by Crippen LogP contribution is -2.53. The molecule has 0 aromatic carbocycles. The van der Waals surface area contributed by atoms with Crippen molar-refractivity contribution in [3.05, 3.63) is 0 Å². The lowest BCUT2D eigenvalue weighted by Gasteiger charge is -2.42. The molecule has 0 aromatic heterocycles. The van der Waals surface area contributed by atoms with Crippen molar-refractivity contribution in [3.63, 3.8) is 0 Å². The van der Waals surface area contributed by atoms with Gasteiger partial charge in [0.2, 0.25) is 5.91 Å². The van der Waals surface area contributed by atoms with Crippen LogP contribution in [0.2, 0.25) is 0 Å². The van der Waals surface area contributed by atoms with Crippen LogP contribution in [-0.2, 0) is 14.3 Å². The van der Waals surface area contributed by atoms with Crippen molar-refractivity contribution in [1.82, 2.24) is 9.80 Å². The molecule has 0 radical (unpaired) electrons. The fourth-order valence-corrected chi connectivity index (χ4v) is 3.71. The molecule has 120 valence electrons. The average Bonchev–Trinajstić information content (AvgIpc) is 2.84. The summed E-state index contributed by atoms with van der Waals surface area (Å²) >= 11 is 0. The zero-order valence-corrected chi connectivity index (χ0v) is 13.3. The van der Waals surface area contributed by atoms with Crippen LogP contribution < -0.4 is 0 Å². The monoisotopic (exact) mass is 296 g/mol. The van der Waals surface area contributed by atoms with Crippen LogP contribution in [0.5, 0.6) is 0 Å². The van der Waals surface area contributed by atoms with Crippen LogP contribution in [0.3, 0.4) is 0 Å². The molecule has 3 rings (SSSR count). The van der Waals surface area contributed by atoms with Gasteiger partial charge in [-0.3, -0.25) is 9.69 Å². The van der Waals surface area contributed by atoms with Gasteiger partial charge in [0.25, 0.3) is 0 Å². The predicted molar refractivity (Wildman–Crippen MR) is 80.1 cm³/mol. The fraction of sp³-hybridized carbons (Fsp3) is 0.938. The molecule has 21 heavy (non-hydrogen) atoms. The van der Waals surface area contributed by atoms with E-state index in [2.05, 4.69) is 4.90 Å². The smallest absolute Gasteiger partial charge is 0.248 e. The van der Waals surface area contributed by atoms with Gasteiger partial charge in [0.1, 0.15) is 6.61 Å². The quantitative estimate of drug-likeness (QED) is 0.762. The summed E-state index contributed by atoms with van der Waals surface area (Å²) in [5, 5.41) is 0. The third kappa shape index (κ3) is 3.41. The van der Waals surface area contributed by atoms with Crippen molar-refractivity contribution in [2.24, 2.45) is 5.92 Å². The summed E-state index contributed by atoms with van der Waals surface area (Å²) in [5.41, 5.74) is 0. The average molecular weight is 296 g/mol. The molecule has 0 bridgehead atoms. The van der Waals surface area contributed by atoms with E-state index in [4.69, 9.17) is 9.47 Å². The highest BCUT2D eigenvalue weighted by Crippen LogP contribution is 2.35. The Morgan fingerprint density at radius 1 is 1.29 bits per heavy atom. The van der Waals surface area contributed by atoms with Crippen molar-refractivity contribution in [3.8, 4) is 0 Å². The highest BCUT2D eigenvalue weighted by molar-refractivity contribution is 5.76. The van der Waals surface area contributed by atoms with E-state index in [1.807, 2.05) is 0 Å². The molecule has 1 aliphatic heterocycles. The first-order valence-electron chi connectivity index (χ1n) is 8.32. The van der Waals surface area contributed by atoms with Gasteiger partial charge in [0.05, 0.1) is 18.8 Å². The van der Waals surface area contributed by atoms with Gasteiger partial charge >= 0.3 is 0 Å². The van der Waals surface area contributed by atoms with Crippen molar-refractivity contribution < 1.29 is 14.3 Å². The molecule has 2 saturated carbocycles. The Hall–Kier alpha value is -0.650. The molecule has 0 aromatic rings. The number of nitrogens with zero attached hydrogens (tertiary/aromatic N) is 2. The minimum absolute atomic E-state index is 0.0283. The molecule has 0 spiro atoms. The zero-order valence-electron chi connectivity index (χ0n) is 13.3. The number of hydrogen-bond acceptors (Lipinski definition) is 4. The van der Waals surface area contributed by atoms with Gasteiger partial charge in [-0.05, 0) is 31.6 Å². The summed E-state index contributed by atoms with van der Waals surface area (Å²) in [7, 11) is 3.53. The van der Waals surface area contributed by atoms with Crippen molar-refractivity contribution >= 4 is 5.91 Å². The molecule has 3 aliphatic rings. The number of ether oxygens (including phenoxy) is 2. The lowest BCUT2D eigenvalue weighted by molar-refractivity contribution is -0.144. The van der Waals surface area contributed by atoms with E-state index in [1.165, 1.54) is 25.8 Å². The Morgan fingerprint density at radius 2 is 2.10 bits per heavy atom. The van der Waals surface area contributed by atoms with E-state index in [1.54, 1.807) is 19.0 Å². The number of morpholine rings is 1. The summed E-state index contributed by atoms with van der Waals surface area (Å²) in [6.45, 7) is 3.26. The first-order valence-corrected chi connectivity index (χ1v) is 8.32. The first-order chi connectivity index (χ1) is 10.1. The van der Waals surface area contributed by atoms with E-state index in [0.29, 0.717) is 6.04 Å². The van der Waals surface area contributed by atoms with Crippen LogP contribution in [0, 0.1) is 5.92 Å². The van der Waals surface area contributed by atoms with Gasteiger partial charge in [-0.25, -0.2) is 0 Å². The first kappa shape index (κ1) is 15.3. The van der Waals surface area contributed by atoms with Gasteiger partial charge in [-0.1, -0.05) is 6.42 Å². The SMILES string of the molecule is CN(C)C(=O)CO[C@@H]1CC[C@H]2[C@H]1OCCN2CC1CCC1. The molecule has 1 saturated heterocycles. The van der Waals surface area contributed by atoms with E-state index >= 15 is 0 Å². The highest BCUT2D eigenvalue weighted by Gasteiger charge is 2.44. The summed E-state index contributed by atoms with van der Waals surface area (Å²) < 4.78 is 11.8. The molecule has 0 N–H and O–H groups in total. The van der Waals surface area contributed by atoms with Gasteiger partial charge in [-0.2, -0.15) is 0 Å². The predicted octanol–water partition coefficient (Wildman–Crippen LogP) is 1.12. The second-order valence-electron chi connectivity index (χ2n) is 6.91. The minimum Gasteiger partial charge on any atom is -0.373 e. The third-order valence-electron chi connectivity index (χ3n) is 5.29. The van der Waals surface area contributed by atoms with Crippen LogP contribution in [0.1, 0.15) is 32.1 Å². The normalized spacial score (nSPS) is 33.5. The molecule has 3 fully saturated rings. The Bertz CT molecular complexity index is 371. The van der Waals surface area contributed by atoms with Crippen LogP contribution >= 0.6 is 0 Å². The maximum absolute atomic E-state index is 11.7. The Kier molecular flexibility index (Phi) is 4.82. The molecule has 5 nitrogen and oxygen atoms in total. The molecular weight excluding hydrogens is 268 g/mol. The van der Waals surface area contributed by atoms with E-state index in [0.717, 1.165) is 31.9 Å². The molecule has 1 amide bonds. The van der Waals surface area contributed by atoms with Crippen LogP contribution in [-0.4, -0.2) is 74.4 Å². The molecular formula is C16H28N2O3. The molecule has 5 heteroatoms. The van der Waals surface area contributed by atoms with Gasteiger partial charge in [-0.15, -0.1) is 0 Å². The van der Waals surface area contributed by atoms with E-state index < -0.39 is 0 Å². The molecule has 2 aliphatic carbocycles. The Balaban J connectivity index is 1.51. The van der Waals surface area contributed by atoms with Gasteiger partial charge in [0, 0.05) is 33.2 Å². The molecule has 0 unspecified atom stereocenters. The summed E-state index contributed by atoms with van der Waals surface area (Å²) in [6.07, 6.45) is 6.59. The lowest BCUT2D eigenvalue weighted by atomic mass is 9.84. The van der Waals surface area contributed by atoms with Gasteiger partial charge < -0.3 is 14.4 Å². The molecule has 3 atom stereocenters. The highest BCUT2D eigenvalue weighted by atomic mass is 16.5. The van der Waals surface area contributed by atoms with E-state index in [-0.39, 0.29) is 24.7 Å². The zero-order chi connectivity index (χ0) is 14.8. The summed E-state index contributed by atoms with van der Waals surface area (Å²) in [4.78, 5) is 15.9. The van der Waals surface area contributed by atoms with Crippen molar-refractivity contribution in [1.29, 1.82) is 0 Å². The van der Waals surface area contributed by atoms with Crippen molar-refractivity contribution in [2.75, 3.05) is 40.4 Å². The largest absolute Gasteiger partial charge is 0.373 e. The number of carbonyl (C=O) groups is 1.